The molecule has 0 amide bonds. The summed E-state index contributed by atoms with van der Waals surface area (Å²) in [6.07, 6.45) is 5.55. The van der Waals surface area contributed by atoms with E-state index in [1.807, 2.05) is 36.9 Å². The molecule has 0 unspecified atom stereocenters. The highest BCUT2D eigenvalue weighted by atomic mass is 35.5. The number of ether oxygens (including phenoxy) is 1. The number of benzene rings is 1. The second-order valence-electron chi connectivity index (χ2n) is 10.2. The molecule has 5 rings (SSSR count). The van der Waals surface area contributed by atoms with Gasteiger partial charge in [0.1, 0.15) is 39.3 Å². The molecule has 40 heavy (non-hydrogen) atoms. The molecule has 4 aromatic rings. The normalized spacial score (nSPS) is 15.4. The fourth-order valence-corrected chi connectivity index (χ4v) is 6.02. The number of aromatic amines is 1. The third-order valence-corrected chi connectivity index (χ3v) is 8.36. The number of sulfone groups is 1. The maximum atomic E-state index is 11.4. The van der Waals surface area contributed by atoms with Crippen LogP contribution < -0.4 is 15.0 Å². The highest BCUT2D eigenvalue weighted by Gasteiger charge is 2.40. The molecule has 0 saturated carbocycles. The van der Waals surface area contributed by atoms with Crippen LogP contribution >= 0.6 is 23.2 Å². The van der Waals surface area contributed by atoms with Crippen molar-refractivity contribution in [3.05, 3.63) is 64.0 Å². The Hall–Kier alpha value is -3.43. The minimum Gasteiger partial charge on any atom is -0.486 e. The smallest absolute Gasteiger partial charge is 0.148 e. The monoisotopic (exact) mass is 599 g/mol. The molecule has 208 valence electrons. The van der Waals surface area contributed by atoms with Gasteiger partial charge in [-0.15, -0.1) is 0 Å². The fraction of sp³-hybridized carbons (Fsp3) is 0.333. The summed E-state index contributed by atoms with van der Waals surface area (Å²) in [7, 11) is -3.04. The zero-order valence-electron chi connectivity index (χ0n) is 22.1. The van der Waals surface area contributed by atoms with Crippen LogP contribution in [-0.2, 0) is 9.84 Å². The number of halogens is 2. The Kier molecular flexibility index (Phi) is 7.63. The highest BCUT2D eigenvalue weighted by Crippen LogP contribution is 2.36. The van der Waals surface area contributed by atoms with Crippen molar-refractivity contribution in [2.24, 2.45) is 0 Å². The van der Waals surface area contributed by atoms with Gasteiger partial charge in [-0.1, -0.05) is 23.2 Å². The lowest BCUT2D eigenvalue weighted by molar-refractivity contribution is 0.227. The molecule has 13 heteroatoms. The molecular weight excluding hydrogens is 573 g/mol. The van der Waals surface area contributed by atoms with E-state index >= 15 is 0 Å². The molecule has 1 saturated heterocycles. The molecule has 0 radical (unpaired) electrons. The van der Waals surface area contributed by atoms with E-state index in [1.54, 1.807) is 12.3 Å². The summed E-state index contributed by atoms with van der Waals surface area (Å²) in [5.41, 5.74) is 2.95. The zero-order valence-corrected chi connectivity index (χ0v) is 24.4. The number of hydrogen-bond donors (Lipinski definition) is 2. The number of nitrogens with one attached hydrogen (secondary N) is 2. The van der Waals surface area contributed by atoms with Gasteiger partial charge in [-0.3, -0.25) is 10.1 Å². The number of fused-ring (bicyclic) bond motifs is 1. The van der Waals surface area contributed by atoms with Gasteiger partial charge in [0, 0.05) is 61.0 Å². The predicted octanol–water partition coefficient (Wildman–Crippen LogP) is 4.55. The number of rotatable bonds is 9. The number of pyridine rings is 2. The Balaban J connectivity index is 1.35. The predicted molar refractivity (Wildman–Crippen MR) is 156 cm³/mol. The van der Waals surface area contributed by atoms with Crippen molar-refractivity contribution in [2.45, 2.75) is 25.5 Å². The van der Waals surface area contributed by atoms with E-state index in [9.17, 15) is 13.7 Å². The summed E-state index contributed by atoms with van der Waals surface area (Å²) in [5.74, 6) is 1.25. The second-order valence-corrected chi connectivity index (χ2v) is 13.3. The van der Waals surface area contributed by atoms with E-state index in [4.69, 9.17) is 27.9 Å². The molecule has 1 atom stereocenters. The van der Waals surface area contributed by atoms with Crippen LogP contribution in [0.4, 0.5) is 5.82 Å². The largest absolute Gasteiger partial charge is 0.486 e. The van der Waals surface area contributed by atoms with Gasteiger partial charge < -0.3 is 15.0 Å². The van der Waals surface area contributed by atoms with E-state index < -0.39 is 15.9 Å². The van der Waals surface area contributed by atoms with Gasteiger partial charge in [0.15, 0.2) is 0 Å². The lowest BCUT2D eigenvalue weighted by Crippen LogP contribution is -2.68. The lowest BCUT2D eigenvalue weighted by Gasteiger charge is -2.49. The first-order valence-electron chi connectivity index (χ1n) is 12.5. The Morgan fingerprint density at radius 1 is 1.23 bits per heavy atom. The van der Waals surface area contributed by atoms with Gasteiger partial charge in [0.05, 0.1) is 32.4 Å². The molecule has 3 aromatic heterocycles. The average Bonchev–Trinajstić information content (AvgIpc) is 3.29. The average molecular weight is 601 g/mol. The molecule has 1 aromatic carbocycles. The SMILES string of the molecule is C[C@@H](Oc1ccc2[nH]nc(-c3cnc(N4CC(C)(NCCS(C)(=O)=O)C4)c(C#N)c3)c2c1)c1c(Cl)cncc1Cl. The van der Waals surface area contributed by atoms with E-state index in [1.165, 1.54) is 18.6 Å². The van der Waals surface area contributed by atoms with Gasteiger partial charge in [-0.05, 0) is 38.1 Å². The zero-order chi connectivity index (χ0) is 28.7. The number of hydrogen-bond acceptors (Lipinski definition) is 9. The summed E-state index contributed by atoms with van der Waals surface area (Å²) < 4.78 is 29.0. The van der Waals surface area contributed by atoms with E-state index in [-0.39, 0.29) is 11.3 Å². The maximum Gasteiger partial charge on any atom is 0.148 e. The number of H-pyrrole nitrogens is 1. The fourth-order valence-electron chi connectivity index (χ4n) is 4.88. The third kappa shape index (κ3) is 5.86. The van der Waals surface area contributed by atoms with Crippen LogP contribution in [-0.4, -0.2) is 65.8 Å². The molecule has 0 spiro atoms. The van der Waals surface area contributed by atoms with Gasteiger partial charge >= 0.3 is 0 Å². The maximum absolute atomic E-state index is 11.4. The van der Waals surface area contributed by atoms with Crippen LogP contribution in [0.5, 0.6) is 5.75 Å². The van der Waals surface area contributed by atoms with Crippen molar-refractivity contribution >= 4 is 49.8 Å². The van der Waals surface area contributed by atoms with Gasteiger partial charge in [0.25, 0.3) is 0 Å². The summed E-state index contributed by atoms with van der Waals surface area (Å²) in [6.45, 7) is 5.47. The second kappa shape index (κ2) is 10.9. The topological polar surface area (TPSA) is 137 Å². The molecule has 1 aliphatic heterocycles. The van der Waals surface area contributed by atoms with Crippen LogP contribution in [0.2, 0.25) is 10.0 Å². The highest BCUT2D eigenvalue weighted by molar-refractivity contribution is 7.90. The first-order chi connectivity index (χ1) is 19.0. The summed E-state index contributed by atoms with van der Waals surface area (Å²) >= 11 is 12.6. The summed E-state index contributed by atoms with van der Waals surface area (Å²) in [4.78, 5) is 10.6. The van der Waals surface area contributed by atoms with E-state index in [0.29, 0.717) is 63.6 Å². The van der Waals surface area contributed by atoms with Crippen molar-refractivity contribution < 1.29 is 13.2 Å². The quantitative estimate of drug-likeness (QED) is 0.284. The van der Waals surface area contributed by atoms with Gasteiger partial charge in [-0.2, -0.15) is 10.4 Å². The first kappa shape index (κ1) is 28.1. The lowest BCUT2D eigenvalue weighted by atomic mass is 9.91. The molecule has 10 nitrogen and oxygen atoms in total. The van der Waals surface area contributed by atoms with Gasteiger partial charge in [-0.25, -0.2) is 13.4 Å². The minimum absolute atomic E-state index is 0.0769. The van der Waals surface area contributed by atoms with Gasteiger partial charge in [0.2, 0.25) is 0 Å². The van der Waals surface area contributed by atoms with Crippen LogP contribution in [0.25, 0.3) is 22.2 Å². The van der Waals surface area contributed by atoms with Crippen molar-refractivity contribution in [1.82, 2.24) is 25.5 Å². The van der Waals surface area contributed by atoms with Crippen LogP contribution in [0.1, 0.15) is 31.1 Å². The number of nitrogens with zero attached hydrogens (tertiary/aromatic N) is 5. The van der Waals surface area contributed by atoms with Crippen molar-refractivity contribution in [1.29, 1.82) is 5.26 Å². The van der Waals surface area contributed by atoms with Crippen LogP contribution in [0.15, 0.2) is 42.9 Å². The molecular formula is C27H27Cl2N7O3S. The van der Waals surface area contributed by atoms with Crippen LogP contribution in [0.3, 0.4) is 0 Å². The Morgan fingerprint density at radius 2 is 1.95 bits per heavy atom. The molecule has 1 fully saturated rings. The minimum atomic E-state index is -3.04. The van der Waals surface area contributed by atoms with Crippen molar-refractivity contribution in [3.63, 3.8) is 0 Å². The standard InChI is InChI=1S/C27H27Cl2N7O3S/c1-16(24-21(28)12-31-13-22(24)29)39-19-4-5-23-20(9-19)25(35-34-23)18-8-17(10-30)26(32-11-18)36-14-27(2,15-36)33-6-7-40(3,37)38/h4-5,8-9,11-13,16,33H,6-7,14-15H2,1-3H3,(H,34,35)/t16-/m1/s1. The Morgan fingerprint density at radius 3 is 2.62 bits per heavy atom. The first-order valence-corrected chi connectivity index (χ1v) is 15.3. The summed E-state index contributed by atoms with van der Waals surface area (Å²) in [6, 6.07) is 9.60. The Bertz CT molecular complexity index is 1710. The molecule has 0 aliphatic carbocycles. The molecule has 2 N–H and O–H groups in total. The number of anilines is 1. The van der Waals surface area contributed by atoms with E-state index in [0.717, 1.165) is 10.9 Å². The van der Waals surface area contributed by atoms with Crippen molar-refractivity contribution in [2.75, 3.05) is 36.5 Å². The van der Waals surface area contributed by atoms with E-state index in [2.05, 4.69) is 31.6 Å². The third-order valence-electron chi connectivity index (χ3n) is 6.81. The molecule has 4 heterocycles. The van der Waals surface area contributed by atoms with Crippen LogP contribution in [0, 0.1) is 11.3 Å². The van der Waals surface area contributed by atoms with Crippen molar-refractivity contribution in [3.8, 4) is 23.1 Å². The number of aromatic nitrogens is 4. The molecule has 1 aliphatic rings. The summed E-state index contributed by atoms with van der Waals surface area (Å²) in [5, 5.41) is 22.4. The number of nitriles is 1. The Labute approximate surface area is 242 Å². The molecule has 0 bridgehead atoms.